The Kier molecular flexibility index (Phi) is 3.53. The van der Waals surface area contributed by atoms with Gasteiger partial charge in [0.15, 0.2) is 5.69 Å². The van der Waals surface area contributed by atoms with Crippen LogP contribution in [0.15, 0.2) is 22.7 Å². The van der Waals surface area contributed by atoms with Gasteiger partial charge in [0.2, 0.25) is 0 Å². The van der Waals surface area contributed by atoms with E-state index >= 15 is 0 Å². The fourth-order valence-corrected chi connectivity index (χ4v) is 2.30. The molecule has 0 aliphatic rings. The van der Waals surface area contributed by atoms with Gasteiger partial charge in [-0.05, 0) is 49.0 Å². The number of hydrogen-bond acceptors (Lipinski definition) is 1. The number of nitrogens with zero attached hydrogens (tertiary/aromatic N) is 2. The summed E-state index contributed by atoms with van der Waals surface area (Å²) in [5.41, 5.74) is 5.93. The highest BCUT2D eigenvalue weighted by molar-refractivity contribution is 9.10. The number of benzene rings is 1. The molecule has 0 fully saturated rings. The molecule has 0 bridgehead atoms. The maximum absolute atomic E-state index is 4.66. The Balaban J connectivity index is 2.63. The predicted molar refractivity (Wildman–Crippen MR) is 77.5 cm³/mol. The second-order valence-corrected chi connectivity index (χ2v) is 5.61. The predicted octanol–water partition coefficient (Wildman–Crippen LogP) is 3.57. The summed E-state index contributed by atoms with van der Waals surface area (Å²) in [4.78, 5) is 4.66. The maximum atomic E-state index is 4.66. The molecule has 0 saturated carbocycles. The van der Waals surface area contributed by atoms with Gasteiger partial charge in [0.05, 0.1) is 7.05 Å². The molecule has 1 heterocycles. The van der Waals surface area contributed by atoms with Gasteiger partial charge in [0, 0.05) is 23.0 Å². The summed E-state index contributed by atoms with van der Waals surface area (Å²) >= 11 is 3.60. The lowest BCUT2D eigenvalue weighted by atomic mass is 10.0. The highest BCUT2D eigenvalue weighted by Crippen LogP contribution is 2.27. The minimum atomic E-state index is 1.03. The van der Waals surface area contributed by atoms with Crippen LogP contribution in [0, 0.1) is 27.7 Å². The van der Waals surface area contributed by atoms with Crippen LogP contribution in [0.5, 0.6) is 0 Å². The molecule has 0 amide bonds. The molecule has 0 atom stereocenters. The number of halogens is 1. The second-order valence-electron chi connectivity index (χ2n) is 4.81. The van der Waals surface area contributed by atoms with E-state index in [1.807, 2.05) is 14.0 Å². The molecule has 0 aliphatic carbocycles. The first-order chi connectivity index (χ1) is 8.40. The summed E-state index contributed by atoms with van der Waals surface area (Å²) in [6, 6.07) is 6.49. The molecule has 3 heteroatoms. The highest BCUT2D eigenvalue weighted by Gasteiger charge is 2.14. The summed E-state index contributed by atoms with van der Waals surface area (Å²) in [5, 5.41) is 0. The van der Waals surface area contributed by atoms with Crippen LogP contribution in [-0.2, 0) is 7.05 Å². The lowest BCUT2D eigenvalue weighted by molar-refractivity contribution is -0.686. The number of aromatic nitrogens is 2. The molecular weight excluding hydrogens is 288 g/mol. The van der Waals surface area contributed by atoms with Gasteiger partial charge < -0.3 is 0 Å². The van der Waals surface area contributed by atoms with E-state index in [2.05, 4.69) is 64.5 Å². The van der Waals surface area contributed by atoms with Gasteiger partial charge in [0.25, 0.3) is 5.82 Å². The zero-order valence-electron chi connectivity index (χ0n) is 11.5. The van der Waals surface area contributed by atoms with E-state index in [9.17, 15) is 0 Å². The minimum absolute atomic E-state index is 1.03. The molecule has 0 aliphatic heterocycles. The largest absolute Gasteiger partial charge is 0.295 e. The molecular formula is C15H18BrN2+. The van der Waals surface area contributed by atoms with E-state index in [-0.39, 0.29) is 0 Å². The van der Waals surface area contributed by atoms with Crippen molar-refractivity contribution in [3.63, 3.8) is 0 Å². The van der Waals surface area contributed by atoms with Crippen LogP contribution in [0.25, 0.3) is 11.3 Å². The van der Waals surface area contributed by atoms with E-state index in [0.29, 0.717) is 0 Å². The van der Waals surface area contributed by atoms with Crippen LogP contribution in [0.4, 0.5) is 0 Å². The topological polar surface area (TPSA) is 16.8 Å². The molecule has 0 spiro atoms. The van der Waals surface area contributed by atoms with Crippen LogP contribution in [0.2, 0.25) is 0 Å². The lowest BCUT2D eigenvalue weighted by Crippen LogP contribution is -2.36. The van der Waals surface area contributed by atoms with Crippen molar-refractivity contribution in [2.24, 2.45) is 7.05 Å². The van der Waals surface area contributed by atoms with Gasteiger partial charge in [-0.1, -0.05) is 15.9 Å². The SMILES string of the molecule is Cc1cc(-c2cc(C)[n+](C)c(C)n2)cc(C)c1Br. The molecule has 1 aromatic carbocycles. The van der Waals surface area contributed by atoms with Crippen LogP contribution in [0.1, 0.15) is 22.6 Å². The first-order valence-electron chi connectivity index (χ1n) is 6.01. The third kappa shape index (κ3) is 2.32. The van der Waals surface area contributed by atoms with Crippen LogP contribution in [0.3, 0.4) is 0 Å². The van der Waals surface area contributed by atoms with Crippen LogP contribution >= 0.6 is 15.9 Å². The van der Waals surface area contributed by atoms with Crippen LogP contribution in [-0.4, -0.2) is 4.98 Å². The van der Waals surface area contributed by atoms with E-state index < -0.39 is 0 Å². The molecule has 0 unspecified atom stereocenters. The smallest absolute Gasteiger partial charge is 0.235 e. The third-order valence-electron chi connectivity index (χ3n) is 3.37. The van der Waals surface area contributed by atoms with Crippen molar-refractivity contribution >= 4 is 15.9 Å². The Labute approximate surface area is 117 Å². The molecule has 0 N–H and O–H groups in total. The number of rotatable bonds is 1. The fourth-order valence-electron chi connectivity index (χ4n) is 2.07. The van der Waals surface area contributed by atoms with E-state index in [0.717, 1.165) is 11.5 Å². The normalized spacial score (nSPS) is 10.8. The van der Waals surface area contributed by atoms with Crippen molar-refractivity contribution in [1.29, 1.82) is 0 Å². The Bertz CT molecular complexity index is 516. The van der Waals surface area contributed by atoms with Crippen molar-refractivity contribution < 1.29 is 4.57 Å². The number of aryl methyl sites for hydroxylation is 4. The molecule has 94 valence electrons. The highest BCUT2D eigenvalue weighted by atomic mass is 79.9. The van der Waals surface area contributed by atoms with E-state index in [4.69, 9.17) is 0 Å². The first-order valence-corrected chi connectivity index (χ1v) is 6.81. The Hall–Kier alpha value is -1.22. The summed E-state index contributed by atoms with van der Waals surface area (Å²) in [5.74, 6) is 1.03. The van der Waals surface area contributed by atoms with Crippen molar-refractivity contribution in [1.82, 2.24) is 4.98 Å². The quantitative estimate of drug-likeness (QED) is 0.736. The first kappa shape index (κ1) is 13.2. The maximum Gasteiger partial charge on any atom is 0.295 e. The van der Waals surface area contributed by atoms with E-state index in [1.165, 1.54) is 26.9 Å². The van der Waals surface area contributed by atoms with Crippen molar-refractivity contribution in [3.8, 4) is 11.3 Å². The molecule has 1 aromatic heterocycles. The fraction of sp³-hybridized carbons (Fsp3) is 0.333. The molecule has 18 heavy (non-hydrogen) atoms. The van der Waals surface area contributed by atoms with Crippen molar-refractivity contribution in [2.75, 3.05) is 0 Å². The van der Waals surface area contributed by atoms with Crippen molar-refractivity contribution in [2.45, 2.75) is 27.7 Å². The Morgan fingerprint density at radius 1 is 1.00 bits per heavy atom. The average molecular weight is 306 g/mol. The minimum Gasteiger partial charge on any atom is -0.235 e. The molecule has 2 nitrogen and oxygen atoms in total. The molecule has 2 aromatic rings. The Morgan fingerprint density at radius 3 is 2.06 bits per heavy atom. The molecule has 2 rings (SSSR count). The average Bonchev–Trinajstić information content (AvgIpc) is 2.31. The third-order valence-corrected chi connectivity index (χ3v) is 4.63. The zero-order chi connectivity index (χ0) is 13.4. The van der Waals surface area contributed by atoms with Crippen LogP contribution < -0.4 is 4.57 Å². The zero-order valence-corrected chi connectivity index (χ0v) is 13.1. The number of hydrogen-bond donors (Lipinski definition) is 0. The van der Waals surface area contributed by atoms with Gasteiger partial charge >= 0.3 is 0 Å². The molecule has 0 radical (unpaired) electrons. The standard InChI is InChI=1S/C15H18BrN2/c1-9-6-13(7-10(2)15(9)16)14-8-11(3)18(5)12(4)17-14/h6-8H,1-5H3/q+1. The lowest BCUT2D eigenvalue weighted by Gasteiger charge is -2.07. The summed E-state index contributed by atoms with van der Waals surface area (Å²) < 4.78 is 3.28. The van der Waals surface area contributed by atoms with Gasteiger partial charge in [-0.2, -0.15) is 0 Å². The van der Waals surface area contributed by atoms with Gasteiger partial charge in [-0.3, -0.25) is 0 Å². The van der Waals surface area contributed by atoms with Gasteiger partial charge in [-0.15, -0.1) is 0 Å². The van der Waals surface area contributed by atoms with Gasteiger partial charge in [0.1, 0.15) is 5.69 Å². The Morgan fingerprint density at radius 2 is 1.56 bits per heavy atom. The summed E-state index contributed by atoms with van der Waals surface area (Å²) in [7, 11) is 2.04. The van der Waals surface area contributed by atoms with E-state index in [1.54, 1.807) is 0 Å². The summed E-state index contributed by atoms with van der Waals surface area (Å²) in [6.45, 7) is 8.37. The summed E-state index contributed by atoms with van der Waals surface area (Å²) in [6.07, 6.45) is 0. The van der Waals surface area contributed by atoms with Gasteiger partial charge in [-0.25, -0.2) is 4.57 Å². The molecule has 0 saturated heterocycles. The monoisotopic (exact) mass is 305 g/mol. The van der Waals surface area contributed by atoms with Crippen molar-refractivity contribution in [3.05, 3.63) is 45.3 Å². The second kappa shape index (κ2) is 4.81.